The number of carboxylic acids is 1. The SMILES string of the molecule is CC(=O)c1c(C)c(O)c2cc(C(=O)O)cc(O[C@@H]3O[C@H](CO)[C@]4(CC[C@@H]5CCC[C@H]6COC[C@](CCCO)(CSSCO4)[C@@H]56)[C@H](O)[C@H]3O)c2c1O. The Morgan fingerprint density at radius 1 is 1.06 bits per heavy atom. The summed E-state index contributed by atoms with van der Waals surface area (Å²) in [6.45, 7) is 3.41. The summed E-state index contributed by atoms with van der Waals surface area (Å²) in [5.74, 6) is -1.40. The molecule has 282 valence electrons. The molecular formula is C36H48O13S2. The van der Waals surface area contributed by atoms with Crippen LogP contribution in [0, 0.1) is 30.1 Å². The van der Waals surface area contributed by atoms with Crippen LogP contribution in [0.5, 0.6) is 17.2 Å². The molecule has 2 aromatic rings. The van der Waals surface area contributed by atoms with Crippen molar-refractivity contribution in [3.63, 3.8) is 0 Å². The van der Waals surface area contributed by atoms with E-state index in [1.165, 1.54) is 24.6 Å². The lowest BCUT2D eigenvalue weighted by molar-refractivity contribution is -0.323. The van der Waals surface area contributed by atoms with Crippen molar-refractivity contribution in [3.8, 4) is 17.2 Å². The monoisotopic (exact) mass is 752 g/mol. The van der Waals surface area contributed by atoms with Crippen LogP contribution < -0.4 is 4.74 Å². The van der Waals surface area contributed by atoms with E-state index in [0.29, 0.717) is 37.9 Å². The van der Waals surface area contributed by atoms with Crippen molar-refractivity contribution in [2.45, 2.75) is 89.0 Å². The van der Waals surface area contributed by atoms with Crippen LogP contribution in [0.2, 0.25) is 0 Å². The second-order valence-corrected chi connectivity index (χ2v) is 16.9. The number of fused-ring (bicyclic) bond motifs is 1. The van der Waals surface area contributed by atoms with Gasteiger partial charge in [-0.3, -0.25) is 4.79 Å². The van der Waals surface area contributed by atoms with Crippen LogP contribution in [0.4, 0.5) is 0 Å². The zero-order valence-corrected chi connectivity index (χ0v) is 30.4. The van der Waals surface area contributed by atoms with Crippen molar-refractivity contribution in [3.05, 3.63) is 28.8 Å². The fourth-order valence-corrected chi connectivity index (χ4v) is 11.7. The van der Waals surface area contributed by atoms with Crippen molar-refractivity contribution in [2.24, 2.45) is 23.2 Å². The number of ether oxygens (including phenoxy) is 4. The van der Waals surface area contributed by atoms with E-state index in [2.05, 4.69) is 0 Å². The minimum atomic E-state index is -1.77. The van der Waals surface area contributed by atoms with E-state index < -0.39 is 60.1 Å². The summed E-state index contributed by atoms with van der Waals surface area (Å²) in [6.07, 6.45) is -0.813. The largest absolute Gasteiger partial charge is 0.507 e. The molecule has 0 bridgehead atoms. The molecule has 3 saturated heterocycles. The zero-order valence-electron chi connectivity index (χ0n) is 28.8. The van der Waals surface area contributed by atoms with Gasteiger partial charge < -0.3 is 54.7 Å². The van der Waals surface area contributed by atoms with Gasteiger partial charge in [0.1, 0.15) is 47.1 Å². The predicted molar refractivity (Wildman–Crippen MR) is 189 cm³/mol. The molecule has 1 aliphatic carbocycles. The molecule has 51 heavy (non-hydrogen) atoms. The first kappa shape index (κ1) is 38.4. The minimum Gasteiger partial charge on any atom is -0.507 e. The molecule has 0 aromatic heterocycles. The highest BCUT2D eigenvalue weighted by atomic mass is 33.1. The summed E-state index contributed by atoms with van der Waals surface area (Å²) in [7, 11) is 3.11. The molecule has 6 rings (SSSR count). The van der Waals surface area contributed by atoms with Crippen LogP contribution in [-0.2, 0) is 14.2 Å². The Bertz CT molecular complexity index is 1620. The first-order chi connectivity index (χ1) is 24.4. The quantitative estimate of drug-likeness (QED) is 0.115. The van der Waals surface area contributed by atoms with Crippen molar-refractivity contribution >= 4 is 44.1 Å². The summed E-state index contributed by atoms with van der Waals surface area (Å²) in [5, 5.41) is 75.9. The molecule has 0 unspecified atom stereocenters. The normalized spacial score (nSPS) is 34.4. The number of hydrogen-bond acceptors (Lipinski definition) is 14. The zero-order chi connectivity index (χ0) is 36.7. The van der Waals surface area contributed by atoms with E-state index in [4.69, 9.17) is 18.9 Å². The lowest BCUT2D eigenvalue weighted by atomic mass is 9.56. The van der Waals surface area contributed by atoms with E-state index >= 15 is 0 Å². The number of benzene rings is 2. The molecule has 13 nitrogen and oxygen atoms in total. The lowest BCUT2D eigenvalue weighted by Crippen LogP contribution is -2.69. The molecule has 4 aliphatic rings. The van der Waals surface area contributed by atoms with Crippen LogP contribution >= 0.6 is 21.6 Å². The van der Waals surface area contributed by atoms with Crippen molar-refractivity contribution in [1.29, 1.82) is 0 Å². The Hall–Kier alpha value is -2.34. The van der Waals surface area contributed by atoms with Gasteiger partial charge in [0.05, 0.1) is 29.7 Å². The van der Waals surface area contributed by atoms with Crippen LogP contribution in [0.15, 0.2) is 12.1 Å². The van der Waals surface area contributed by atoms with Crippen molar-refractivity contribution < 1.29 is 64.3 Å². The fourth-order valence-electron chi connectivity index (χ4n) is 9.31. The Labute approximate surface area is 304 Å². The van der Waals surface area contributed by atoms with Gasteiger partial charge in [-0.2, -0.15) is 0 Å². The summed E-state index contributed by atoms with van der Waals surface area (Å²) in [5.41, 5.74) is -2.14. The van der Waals surface area contributed by atoms with E-state index in [9.17, 15) is 45.3 Å². The van der Waals surface area contributed by atoms with E-state index in [1.54, 1.807) is 10.8 Å². The number of carbonyl (C=O) groups is 2. The van der Waals surface area contributed by atoms with Gasteiger partial charge in [-0.05, 0) is 75.8 Å². The first-order valence-electron chi connectivity index (χ1n) is 17.5. The van der Waals surface area contributed by atoms with Gasteiger partial charge in [-0.1, -0.05) is 34.4 Å². The van der Waals surface area contributed by atoms with Gasteiger partial charge in [0, 0.05) is 35.3 Å². The summed E-state index contributed by atoms with van der Waals surface area (Å²) < 4.78 is 24.9. The molecule has 2 aromatic carbocycles. The van der Waals surface area contributed by atoms with E-state index in [-0.39, 0.29) is 63.5 Å². The molecule has 9 atom stereocenters. The number of carboxylic acid groups (broad SMARTS) is 1. The van der Waals surface area contributed by atoms with Gasteiger partial charge in [0.25, 0.3) is 0 Å². The average Bonchev–Trinajstić information content (AvgIpc) is 3.14. The number of hydrogen-bond donors (Lipinski definition) is 7. The van der Waals surface area contributed by atoms with E-state index in [1.807, 2.05) is 0 Å². The number of phenolic OH excluding ortho intramolecular Hbond substituents is 2. The predicted octanol–water partition coefficient (Wildman–Crippen LogP) is 3.99. The summed E-state index contributed by atoms with van der Waals surface area (Å²) in [4.78, 5) is 24.6. The summed E-state index contributed by atoms with van der Waals surface area (Å²) in [6, 6.07) is 2.20. The van der Waals surface area contributed by atoms with Crippen LogP contribution in [0.25, 0.3) is 10.8 Å². The molecule has 4 fully saturated rings. The second-order valence-electron chi connectivity index (χ2n) is 14.5. The van der Waals surface area contributed by atoms with Gasteiger partial charge in [-0.15, -0.1) is 0 Å². The number of phenols is 2. The van der Waals surface area contributed by atoms with Crippen LogP contribution in [-0.4, -0.2) is 116 Å². The topological polar surface area (TPSA) is 213 Å². The highest BCUT2D eigenvalue weighted by molar-refractivity contribution is 8.76. The Balaban J connectivity index is 1.34. The molecule has 1 spiro atoms. The maximum absolute atomic E-state index is 12.5. The van der Waals surface area contributed by atoms with Gasteiger partial charge >= 0.3 is 5.97 Å². The Morgan fingerprint density at radius 3 is 2.53 bits per heavy atom. The van der Waals surface area contributed by atoms with Crippen LogP contribution in [0.3, 0.4) is 0 Å². The van der Waals surface area contributed by atoms with E-state index in [0.717, 1.165) is 43.6 Å². The second kappa shape index (κ2) is 15.6. The number of aliphatic hydroxyl groups excluding tert-OH is 4. The van der Waals surface area contributed by atoms with Crippen LogP contribution in [0.1, 0.15) is 78.1 Å². The molecule has 3 heterocycles. The highest BCUT2D eigenvalue weighted by Crippen LogP contribution is 2.56. The maximum Gasteiger partial charge on any atom is 0.335 e. The molecule has 7 N–H and O–H groups in total. The Kier molecular flexibility index (Phi) is 11.7. The van der Waals surface area contributed by atoms with Crippen molar-refractivity contribution in [2.75, 3.05) is 38.1 Å². The Morgan fingerprint density at radius 2 is 1.82 bits per heavy atom. The third-order valence-electron chi connectivity index (χ3n) is 11.7. The molecule has 15 heteroatoms. The standard InChI is InChI=1S/C36H48O13S2/c1-18-26(19(2)39)30(41)27-23(29(18)40)11-22(33(44)45)12-24(27)48-34-31(42)32(43)36(25(13-38)49-34)9-7-20-5-3-6-21-14-46-15-35(28(20)21,8-4-10-37)16-50-51-17-47-36/h11-12,20-21,25,28,31-32,34,37-38,40-43H,3-10,13-17H2,1-2H3,(H,44,45)/t20-,21-,25+,28-,31+,32+,34+,35+,36+/m0/s1. The number of rotatable bonds is 8. The lowest BCUT2D eigenvalue weighted by Gasteiger charge is -2.54. The van der Waals surface area contributed by atoms with Gasteiger partial charge in [-0.25, -0.2) is 4.79 Å². The molecule has 0 radical (unpaired) electrons. The van der Waals surface area contributed by atoms with Crippen molar-refractivity contribution in [1.82, 2.24) is 0 Å². The molecule has 1 saturated carbocycles. The number of aromatic carboxylic acids is 1. The number of aromatic hydroxyl groups is 2. The van der Waals surface area contributed by atoms with Gasteiger partial charge in [0.2, 0.25) is 6.29 Å². The first-order valence-corrected chi connectivity index (χ1v) is 20.0. The summed E-state index contributed by atoms with van der Waals surface area (Å²) >= 11 is 0. The van der Waals surface area contributed by atoms with Gasteiger partial charge in [0.15, 0.2) is 5.78 Å². The highest BCUT2D eigenvalue weighted by Gasteiger charge is 2.59. The molecule has 3 aliphatic heterocycles. The molecule has 0 amide bonds. The molecular weight excluding hydrogens is 705 g/mol. The number of aliphatic hydroxyl groups is 4. The number of ketones is 1. The minimum absolute atomic E-state index is 0.0447. The maximum atomic E-state index is 12.5. The smallest absolute Gasteiger partial charge is 0.335 e. The average molecular weight is 753 g/mol. The third-order valence-corrected chi connectivity index (χ3v) is 13.9. The number of carbonyl (C=O) groups excluding carboxylic acids is 1. The number of Topliss-reactive ketones (excluding diaryl/α,β-unsaturated/α-hetero) is 1. The third kappa shape index (κ3) is 6.94. The fraction of sp³-hybridized carbons (Fsp3) is 0.667.